The number of hydrogen-bond donors (Lipinski definition) is 1. The highest BCUT2D eigenvalue weighted by molar-refractivity contribution is 5.74. The molecule has 15 heavy (non-hydrogen) atoms. The predicted molar refractivity (Wildman–Crippen MR) is 61.9 cm³/mol. The van der Waals surface area contributed by atoms with Crippen LogP contribution in [0.2, 0.25) is 0 Å². The van der Waals surface area contributed by atoms with Gasteiger partial charge in [-0.3, -0.25) is 0 Å². The van der Waals surface area contributed by atoms with Gasteiger partial charge in [-0.15, -0.1) is 0 Å². The summed E-state index contributed by atoms with van der Waals surface area (Å²) in [6.45, 7) is 9.87. The molecule has 1 saturated heterocycles. The number of urea groups is 1. The topological polar surface area (TPSA) is 35.6 Å². The lowest BCUT2D eigenvalue weighted by molar-refractivity contribution is 0.133. The van der Waals surface area contributed by atoms with Crippen molar-refractivity contribution in [1.29, 1.82) is 0 Å². The molecule has 0 saturated carbocycles. The molecule has 1 rings (SSSR count). The van der Waals surface area contributed by atoms with Gasteiger partial charge in [-0.05, 0) is 12.8 Å². The van der Waals surface area contributed by atoms with E-state index in [0.717, 1.165) is 26.2 Å². The fraction of sp³-hybridized carbons (Fsp3) is 0.909. The van der Waals surface area contributed by atoms with Crippen LogP contribution in [0.15, 0.2) is 0 Å². The van der Waals surface area contributed by atoms with E-state index in [0.29, 0.717) is 12.0 Å². The van der Waals surface area contributed by atoms with Crippen molar-refractivity contribution < 1.29 is 4.79 Å². The van der Waals surface area contributed by atoms with E-state index < -0.39 is 0 Å². The Kier molecular flexibility index (Phi) is 4.39. The monoisotopic (exact) mass is 213 g/mol. The Hall–Kier alpha value is -0.770. The summed E-state index contributed by atoms with van der Waals surface area (Å²) < 4.78 is 0. The Balaban J connectivity index is 2.50. The molecule has 1 aliphatic heterocycles. The lowest BCUT2D eigenvalue weighted by Crippen LogP contribution is -2.53. The summed E-state index contributed by atoms with van der Waals surface area (Å²) in [6.07, 6.45) is 0. The van der Waals surface area contributed by atoms with Crippen LogP contribution in [0.1, 0.15) is 20.8 Å². The third-order valence-electron chi connectivity index (χ3n) is 3.26. The Morgan fingerprint density at radius 1 is 1.27 bits per heavy atom. The van der Waals surface area contributed by atoms with Crippen LogP contribution in [-0.2, 0) is 0 Å². The van der Waals surface area contributed by atoms with Crippen LogP contribution >= 0.6 is 0 Å². The number of rotatable bonds is 2. The Labute approximate surface area is 92.6 Å². The van der Waals surface area contributed by atoms with E-state index in [2.05, 4.69) is 26.1 Å². The van der Waals surface area contributed by atoms with Crippen molar-refractivity contribution in [3.8, 4) is 0 Å². The molecule has 0 aromatic rings. The fourth-order valence-corrected chi connectivity index (χ4v) is 1.70. The number of nitrogens with one attached hydrogen (secondary N) is 1. The molecule has 4 nitrogen and oxygen atoms in total. The first-order valence-corrected chi connectivity index (χ1v) is 5.76. The Morgan fingerprint density at radius 3 is 2.27 bits per heavy atom. The van der Waals surface area contributed by atoms with Crippen molar-refractivity contribution >= 4 is 6.03 Å². The second kappa shape index (κ2) is 5.35. The van der Waals surface area contributed by atoms with Crippen LogP contribution in [0.5, 0.6) is 0 Å². The van der Waals surface area contributed by atoms with Crippen LogP contribution < -0.4 is 5.32 Å². The van der Waals surface area contributed by atoms with Gasteiger partial charge >= 0.3 is 6.03 Å². The molecule has 88 valence electrons. The Bertz CT molecular complexity index is 212. The summed E-state index contributed by atoms with van der Waals surface area (Å²) in [4.78, 5) is 15.9. The molecule has 2 amide bonds. The number of carbonyl (C=O) groups excluding carboxylic acids is 1. The first-order valence-electron chi connectivity index (χ1n) is 5.76. The molecule has 4 heteroatoms. The van der Waals surface area contributed by atoms with Gasteiger partial charge in [-0.1, -0.05) is 13.8 Å². The normalized spacial score (nSPS) is 19.1. The van der Waals surface area contributed by atoms with Crippen molar-refractivity contribution in [3.63, 3.8) is 0 Å². The highest BCUT2D eigenvalue weighted by Crippen LogP contribution is 2.10. The maximum atomic E-state index is 12.1. The lowest BCUT2D eigenvalue weighted by atomic mass is 10.1. The highest BCUT2D eigenvalue weighted by atomic mass is 16.2. The maximum Gasteiger partial charge on any atom is 0.320 e. The number of nitrogens with zero attached hydrogens (tertiary/aromatic N) is 2. The van der Waals surface area contributed by atoms with E-state index in [9.17, 15) is 4.79 Å². The molecule has 0 radical (unpaired) electrons. The SMILES string of the molecule is CC(C)C(C)N(C)C(=O)N1CCNCC1. The molecule has 0 aromatic carbocycles. The number of hydrogen-bond acceptors (Lipinski definition) is 2. The molecule has 1 atom stereocenters. The summed E-state index contributed by atoms with van der Waals surface area (Å²) in [5.41, 5.74) is 0. The first-order chi connectivity index (χ1) is 7.04. The van der Waals surface area contributed by atoms with Crippen LogP contribution in [0.25, 0.3) is 0 Å². The highest BCUT2D eigenvalue weighted by Gasteiger charge is 2.24. The van der Waals surface area contributed by atoms with Crippen molar-refractivity contribution in [2.75, 3.05) is 33.2 Å². The minimum absolute atomic E-state index is 0.165. The molecule has 1 heterocycles. The van der Waals surface area contributed by atoms with Crippen molar-refractivity contribution in [3.05, 3.63) is 0 Å². The van der Waals surface area contributed by atoms with E-state index in [1.165, 1.54) is 0 Å². The smallest absolute Gasteiger partial charge is 0.320 e. The zero-order valence-corrected chi connectivity index (χ0v) is 10.3. The van der Waals surface area contributed by atoms with Gasteiger partial charge < -0.3 is 15.1 Å². The standard InChI is InChI=1S/C11H23N3O/c1-9(2)10(3)13(4)11(15)14-7-5-12-6-8-14/h9-10,12H,5-8H2,1-4H3. The zero-order valence-electron chi connectivity index (χ0n) is 10.3. The molecular weight excluding hydrogens is 190 g/mol. The first kappa shape index (κ1) is 12.3. The lowest BCUT2D eigenvalue weighted by Gasteiger charge is -2.35. The maximum absolute atomic E-state index is 12.1. The minimum Gasteiger partial charge on any atom is -0.325 e. The molecule has 0 bridgehead atoms. The van der Waals surface area contributed by atoms with Crippen LogP contribution in [0.3, 0.4) is 0 Å². The zero-order chi connectivity index (χ0) is 11.4. The third-order valence-corrected chi connectivity index (χ3v) is 3.26. The predicted octanol–water partition coefficient (Wildman–Crippen LogP) is 0.988. The van der Waals surface area contributed by atoms with Gasteiger partial charge in [0.2, 0.25) is 0 Å². The van der Waals surface area contributed by atoms with Crippen molar-refractivity contribution in [1.82, 2.24) is 15.1 Å². The largest absolute Gasteiger partial charge is 0.325 e. The van der Waals surface area contributed by atoms with E-state index in [4.69, 9.17) is 0 Å². The fourth-order valence-electron chi connectivity index (χ4n) is 1.70. The summed E-state index contributed by atoms with van der Waals surface area (Å²) in [5.74, 6) is 0.502. The molecule has 0 spiro atoms. The summed E-state index contributed by atoms with van der Waals surface area (Å²) in [5, 5.41) is 3.25. The van der Waals surface area contributed by atoms with Crippen molar-refractivity contribution in [2.24, 2.45) is 5.92 Å². The van der Waals surface area contributed by atoms with Gasteiger partial charge in [-0.2, -0.15) is 0 Å². The van der Waals surface area contributed by atoms with Crippen LogP contribution in [0.4, 0.5) is 4.79 Å². The number of carbonyl (C=O) groups is 1. The van der Waals surface area contributed by atoms with Crippen LogP contribution in [0, 0.1) is 5.92 Å². The van der Waals surface area contributed by atoms with E-state index in [-0.39, 0.29) is 6.03 Å². The molecule has 0 aromatic heterocycles. The molecule has 1 unspecified atom stereocenters. The average Bonchev–Trinajstić information content (AvgIpc) is 2.27. The molecule has 1 fully saturated rings. The Morgan fingerprint density at radius 2 is 1.80 bits per heavy atom. The molecule has 1 aliphatic rings. The minimum atomic E-state index is 0.165. The number of piperazine rings is 1. The average molecular weight is 213 g/mol. The second-order valence-corrected chi connectivity index (χ2v) is 4.62. The third kappa shape index (κ3) is 3.09. The number of amides is 2. The van der Waals surface area contributed by atoms with Crippen molar-refractivity contribution in [2.45, 2.75) is 26.8 Å². The van der Waals surface area contributed by atoms with Gasteiger partial charge in [0.05, 0.1) is 0 Å². The summed E-state index contributed by atoms with van der Waals surface area (Å²) >= 11 is 0. The van der Waals surface area contributed by atoms with E-state index in [1.54, 1.807) is 0 Å². The summed E-state index contributed by atoms with van der Waals surface area (Å²) in [6, 6.07) is 0.463. The van der Waals surface area contributed by atoms with Gasteiger partial charge in [0.15, 0.2) is 0 Å². The van der Waals surface area contributed by atoms with Gasteiger partial charge in [0, 0.05) is 39.3 Å². The van der Waals surface area contributed by atoms with Gasteiger partial charge in [0.25, 0.3) is 0 Å². The molecular formula is C11H23N3O. The van der Waals surface area contributed by atoms with Gasteiger partial charge in [0.1, 0.15) is 0 Å². The molecule has 1 N–H and O–H groups in total. The molecule has 0 aliphatic carbocycles. The van der Waals surface area contributed by atoms with E-state index in [1.807, 2.05) is 16.8 Å². The quantitative estimate of drug-likeness (QED) is 0.742. The second-order valence-electron chi connectivity index (χ2n) is 4.62. The van der Waals surface area contributed by atoms with Gasteiger partial charge in [-0.25, -0.2) is 4.79 Å². The summed E-state index contributed by atoms with van der Waals surface area (Å²) in [7, 11) is 1.90. The van der Waals surface area contributed by atoms with Crippen LogP contribution in [-0.4, -0.2) is 55.1 Å². The van der Waals surface area contributed by atoms with E-state index >= 15 is 0 Å².